The van der Waals surface area contributed by atoms with Crippen LogP contribution in [0, 0.1) is 11.3 Å². The highest BCUT2D eigenvalue weighted by atomic mass is 16.5. The number of methoxy groups -OCH3 is 1. The zero-order valence-corrected chi connectivity index (χ0v) is 20.9. The van der Waals surface area contributed by atoms with Crippen molar-refractivity contribution in [2.45, 2.75) is 0 Å². The Kier molecular flexibility index (Phi) is 6.07. The van der Waals surface area contributed by atoms with Crippen LogP contribution in [-0.4, -0.2) is 26.7 Å². The fraction of sp³-hybridized carbons (Fsp3) is 0.0323. The normalized spacial score (nSPS) is 10.8. The van der Waals surface area contributed by atoms with Crippen molar-refractivity contribution in [2.24, 2.45) is 0 Å². The zero-order chi connectivity index (χ0) is 26.8. The van der Waals surface area contributed by atoms with Crippen molar-refractivity contribution < 1.29 is 4.74 Å². The average Bonchev–Trinajstić information content (AvgIpc) is 3.38. The molecule has 0 bridgehead atoms. The van der Waals surface area contributed by atoms with Gasteiger partial charge in [0.15, 0.2) is 0 Å². The summed E-state index contributed by atoms with van der Waals surface area (Å²) < 4.78 is 6.73. The summed E-state index contributed by atoms with van der Waals surface area (Å²) in [6.07, 6.45) is 0. The molecule has 0 radical (unpaired) electrons. The van der Waals surface area contributed by atoms with E-state index in [-0.39, 0.29) is 11.3 Å². The molecular formula is C31H22N6O2. The third kappa shape index (κ3) is 4.38. The minimum atomic E-state index is -0.313. The first kappa shape index (κ1) is 23.7. The molecule has 0 unspecified atom stereocenters. The summed E-state index contributed by atoms with van der Waals surface area (Å²) in [5, 5.41) is 17.4. The van der Waals surface area contributed by atoms with Crippen LogP contribution in [-0.2, 0) is 0 Å². The second kappa shape index (κ2) is 10.00. The van der Waals surface area contributed by atoms with E-state index in [1.807, 2.05) is 72.8 Å². The van der Waals surface area contributed by atoms with Gasteiger partial charge in [-0.15, -0.1) is 0 Å². The molecule has 3 aromatic carbocycles. The molecule has 0 spiro atoms. The van der Waals surface area contributed by atoms with Crippen LogP contribution < -0.4 is 15.6 Å². The Bertz CT molecular complexity index is 1890. The first-order valence-electron chi connectivity index (χ1n) is 12.2. The van der Waals surface area contributed by atoms with Crippen LogP contribution in [0.2, 0.25) is 0 Å². The van der Waals surface area contributed by atoms with E-state index < -0.39 is 0 Å². The lowest BCUT2D eigenvalue weighted by atomic mass is 10.0. The van der Waals surface area contributed by atoms with E-state index in [2.05, 4.69) is 21.4 Å². The van der Waals surface area contributed by atoms with Gasteiger partial charge in [-0.1, -0.05) is 78.9 Å². The van der Waals surface area contributed by atoms with Gasteiger partial charge >= 0.3 is 0 Å². The molecule has 0 saturated heterocycles. The van der Waals surface area contributed by atoms with Gasteiger partial charge < -0.3 is 15.0 Å². The first-order chi connectivity index (χ1) is 19.2. The molecule has 3 heterocycles. The monoisotopic (exact) mass is 510 g/mol. The summed E-state index contributed by atoms with van der Waals surface area (Å²) >= 11 is 0. The quantitative estimate of drug-likeness (QED) is 0.283. The number of ether oxygens (including phenoxy) is 1. The van der Waals surface area contributed by atoms with E-state index in [1.165, 1.54) is 4.52 Å². The number of H-pyrrole nitrogens is 1. The van der Waals surface area contributed by atoms with Crippen molar-refractivity contribution in [1.82, 2.24) is 19.6 Å². The van der Waals surface area contributed by atoms with E-state index in [9.17, 15) is 10.1 Å². The Hall–Kier alpha value is -5.68. The van der Waals surface area contributed by atoms with E-state index >= 15 is 0 Å². The third-order valence-electron chi connectivity index (χ3n) is 6.39. The van der Waals surface area contributed by atoms with Crippen molar-refractivity contribution in [2.75, 3.05) is 12.4 Å². The maximum absolute atomic E-state index is 14.2. The molecule has 0 amide bonds. The summed E-state index contributed by atoms with van der Waals surface area (Å²) in [5.41, 5.74) is 4.78. The minimum absolute atomic E-state index is 0.259. The molecule has 3 aromatic heterocycles. The van der Waals surface area contributed by atoms with Crippen LogP contribution in [0.25, 0.3) is 39.2 Å². The number of rotatable bonds is 6. The van der Waals surface area contributed by atoms with Crippen LogP contribution in [0.4, 0.5) is 11.6 Å². The third-order valence-corrected chi connectivity index (χ3v) is 6.39. The predicted octanol–water partition coefficient (Wildman–Crippen LogP) is 6.04. The van der Waals surface area contributed by atoms with Crippen molar-refractivity contribution in [3.05, 3.63) is 119 Å². The van der Waals surface area contributed by atoms with Crippen molar-refractivity contribution in [3.8, 4) is 45.3 Å². The van der Waals surface area contributed by atoms with Crippen molar-refractivity contribution >= 4 is 17.3 Å². The molecule has 0 aliphatic carbocycles. The highest BCUT2D eigenvalue weighted by molar-refractivity contribution is 5.92. The molecule has 0 aliphatic heterocycles. The molecule has 0 fully saturated rings. The zero-order valence-electron chi connectivity index (χ0n) is 20.9. The van der Waals surface area contributed by atoms with Crippen LogP contribution in [0.1, 0.15) is 5.69 Å². The molecule has 0 saturated carbocycles. The van der Waals surface area contributed by atoms with Gasteiger partial charge in [-0.2, -0.15) is 14.9 Å². The summed E-state index contributed by atoms with van der Waals surface area (Å²) in [7, 11) is 1.59. The number of benzene rings is 3. The SMILES string of the molecule is COc1ccc(-c2c(Nc3cccc(C#N)n3)[nH]c3c(-c4ccccc4)c(-c4ccccc4)nn3c2=O)cc1. The summed E-state index contributed by atoms with van der Waals surface area (Å²) in [6.45, 7) is 0. The van der Waals surface area contributed by atoms with Crippen LogP contribution in [0.5, 0.6) is 5.75 Å². The Morgan fingerprint density at radius 2 is 1.49 bits per heavy atom. The van der Waals surface area contributed by atoms with E-state index in [0.29, 0.717) is 39.9 Å². The summed E-state index contributed by atoms with van der Waals surface area (Å²) in [5.74, 6) is 1.52. The van der Waals surface area contributed by atoms with Gasteiger partial charge in [0.2, 0.25) is 0 Å². The molecule has 39 heavy (non-hydrogen) atoms. The molecule has 188 valence electrons. The minimum Gasteiger partial charge on any atom is -0.497 e. The lowest BCUT2D eigenvalue weighted by Crippen LogP contribution is -2.20. The molecule has 0 atom stereocenters. The molecule has 8 heteroatoms. The number of hydrogen-bond donors (Lipinski definition) is 2. The smallest absolute Gasteiger partial charge is 0.284 e. The van der Waals surface area contributed by atoms with Gasteiger partial charge in [0, 0.05) is 5.56 Å². The Balaban J connectivity index is 1.66. The van der Waals surface area contributed by atoms with Crippen LogP contribution in [0.15, 0.2) is 108 Å². The van der Waals surface area contributed by atoms with Crippen molar-refractivity contribution in [3.63, 3.8) is 0 Å². The Morgan fingerprint density at radius 3 is 2.15 bits per heavy atom. The lowest BCUT2D eigenvalue weighted by Gasteiger charge is -2.13. The number of fused-ring (bicyclic) bond motifs is 1. The Morgan fingerprint density at radius 1 is 0.821 bits per heavy atom. The van der Waals surface area contributed by atoms with E-state index in [1.54, 1.807) is 37.4 Å². The predicted molar refractivity (Wildman–Crippen MR) is 151 cm³/mol. The highest BCUT2D eigenvalue weighted by Gasteiger charge is 2.23. The largest absolute Gasteiger partial charge is 0.497 e. The standard InChI is InChI=1S/C31H22N6O2/c1-39-24-17-15-21(16-18-24)27-29(34-25-14-8-13-23(19-32)33-25)35-30-26(20-9-4-2-5-10-20)28(36-37(30)31(27)38)22-11-6-3-7-12-22/h2-18,35H,1H3,(H,33,34). The number of hydrogen-bond acceptors (Lipinski definition) is 6. The van der Waals surface area contributed by atoms with Crippen LogP contribution >= 0.6 is 0 Å². The van der Waals surface area contributed by atoms with E-state index in [0.717, 1.165) is 16.7 Å². The fourth-order valence-corrected chi connectivity index (χ4v) is 4.56. The molecule has 0 aliphatic rings. The molecule has 6 aromatic rings. The maximum atomic E-state index is 14.2. The second-order valence-corrected chi connectivity index (χ2v) is 8.77. The average molecular weight is 511 g/mol. The van der Waals surface area contributed by atoms with Gasteiger partial charge in [-0.25, -0.2) is 4.98 Å². The van der Waals surface area contributed by atoms with Gasteiger partial charge in [0.1, 0.15) is 40.5 Å². The van der Waals surface area contributed by atoms with Gasteiger partial charge in [-0.05, 0) is 35.4 Å². The fourth-order valence-electron chi connectivity index (χ4n) is 4.56. The number of anilines is 2. The number of aromatic nitrogens is 4. The van der Waals surface area contributed by atoms with E-state index in [4.69, 9.17) is 9.84 Å². The molecule has 2 N–H and O–H groups in total. The lowest BCUT2D eigenvalue weighted by molar-refractivity contribution is 0.415. The van der Waals surface area contributed by atoms with Gasteiger partial charge in [-0.3, -0.25) is 4.79 Å². The van der Waals surface area contributed by atoms with Crippen molar-refractivity contribution in [1.29, 1.82) is 5.26 Å². The van der Waals surface area contributed by atoms with Gasteiger partial charge in [0.05, 0.1) is 18.2 Å². The molecule has 6 rings (SSSR count). The summed E-state index contributed by atoms with van der Waals surface area (Å²) in [6, 6.07) is 34.0. The maximum Gasteiger partial charge on any atom is 0.284 e. The topological polar surface area (TPSA) is 108 Å². The molecular weight excluding hydrogens is 488 g/mol. The van der Waals surface area contributed by atoms with Crippen LogP contribution in [0.3, 0.4) is 0 Å². The number of nitrogens with zero attached hydrogens (tertiary/aromatic N) is 4. The summed E-state index contributed by atoms with van der Waals surface area (Å²) in [4.78, 5) is 22.0. The number of pyridine rings is 1. The second-order valence-electron chi connectivity index (χ2n) is 8.77. The number of aromatic amines is 1. The number of nitriles is 1. The van der Waals surface area contributed by atoms with Gasteiger partial charge in [0.25, 0.3) is 5.56 Å². The Labute approximate surface area is 223 Å². The molecule has 8 nitrogen and oxygen atoms in total. The highest BCUT2D eigenvalue weighted by Crippen LogP contribution is 2.36. The number of nitrogens with one attached hydrogen (secondary N) is 2. The first-order valence-corrected chi connectivity index (χ1v) is 12.2.